The lowest BCUT2D eigenvalue weighted by molar-refractivity contribution is -0.135. The van der Waals surface area contributed by atoms with Gasteiger partial charge in [-0.15, -0.1) is 0 Å². The summed E-state index contributed by atoms with van der Waals surface area (Å²) in [5.41, 5.74) is 11.5. The number of likely N-dealkylation sites (tertiary alicyclic amines) is 1. The molecule has 5 rings (SSSR count). The number of aromatic amines is 1. The van der Waals surface area contributed by atoms with Crippen molar-refractivity contribution in [2.45, 2.75) is 64.3 Å². The Labute approximate surface area is 230 Å². The molecule has 40 heavy (non-hydrogen) atoms. The molecular formula is C28H32F3N9. The van der Waals surface area contributed by atoms with Gasteiger partial charge in [0.25, 0.3) is 0 Å². The molecule has 210 valence electrons. The minimum Gasteiger partial charge on any atom is -0.368 e. The number of hydrogen-bond acceptors (Lipinski definition) is 7. The summed E-state index contributed by atoms with van der Waals surface area (Å²) in [4.78, 5) is 10.7. The van der Waals surface area contributed by atoms with Crippen LogP contribution < -0.4 is 11.1 Å². The molecule has 0 atom stereocenters. The molecule has 4 N–H and O–H groups in total. The summed E-state index contributed by atoms with van der Waals surface area (Å²) >= 11 is 0. The third-order valence-electron chi connectivity index (χ3n) is 7.59. The maximum absolute atomic E-state index is 12.6. The van der Waals surface area contributed by atoms with E-state index in [0.717, 1.165) is 48.9 Å². The molecule has 1 saturated heterocycles. The second-order valence-corrected chi connectivity index (χ2v) is 10.4. The molecule has 1 aliphatic heterocycles. The summed E-state index contributed by atoms with van der Waals surface area (Å²) in [6, 6.07) is 8.66. The highest BCUT2D eigenvalue weighted by Gasteiger charge is 2.27. The Kier molecular flexibility index (Phi) is 7.93. The molecule has 0 saturated carbocycles. The van der Waals surface area contributed by atoms with Gasteiger partial charge in [-0.25, -0.2) is 4.98 Å². The number of hydrogen-bond donors (Lipinski definition) is 3. The van der Waals surface area contributed by atoms with Gasteiger partial charge in [0.2, 0.25) is 5.95 Å². The van der Waals surface area contributed by atoms with Gasteiger partial charge in [-0.3, -0.25) is 10.00 Å². The van der Waals surface area contributed by atoms with Crippen LogP contribution in [0.2, 0.25) is 0 Å². The van der Waals surface area contributed by atoms with E-state index in [0.29, 0.717) is 23.6 Å². The zero-order valence-electron chi connectivity index (χ0n) is 22.3. The molecule has 0 spiro atoms. The highest BCUT2D eigenvalue weighted by Crippen LogP contribution is 2.29. The normalized spacial score (nSPS) is 15.0. The molecule has 1 aliphatic rings. The average molecular weight is 552 g/mol. The van der Waals surface area contributed by atoms with Gasteiger partial charge in [0.1, 0.15) is 17.6 Å². The molecule has 4 heterocycles. The third kappa shape index (κ3) is 6.37. The smallest absolute Gasteiger partial charge is 0.368 e. The molecule has 12 heteroatoms. The SMILES string of the molecule is Cc1c(CN2CCC(Nc3nc(N)ncc3CCCC(F)(F)F)CC2)ccc2c1cc(C#N)n2Cc1cn[nH]c1. The van der Waals surface area contributed by atoms with Gasteiger partial charge in [0.15, 0.2) is 0 Å². The highest BCUT2D eigenvalue weighted by atomic mass is 19.4. The number of anilines is 2. The van der Waals surface area contributed by atoms with Crippen molar-refractivity contribution < 1.29 is 13.2 Å². The van der Waals surface area contributed by atoms with E-state index in [1.165, 1.54) is 17.3 Å². The number of H-pyrrole nitrogens is 1. The van der Waals surface area contributed by atoms with E-state index < -0.39 is 12.6 Å². The van der Waals surface area contributed by atoms with Crippen molar-refractivity contribution in [3.05, 3.63) is 64.7 Å². The van der Waals surface area contributed by atoms with E-state index in [1.54, 1.807) is 6.20 Å². The lowest BCUT2D eigenvalue weighted by atomic mass is 10.0. The summed E-state index contributed by atoms with van der Waals surface area (Å²) in [7, 11) is 0. The standard InChI is InChI=1S/C28H32F3N9/c1-18-21(4-5-25-24(18)11-23(12-32)40(25)16-19-13-35-36-14-19)17-39-9-6-22(7-10-39)37-26-20(15-34-27(33)38-26)3-2-8-28(29,30)31/h4-5,11,13-15,22H,2-3,6-10,16-17H2,1H3,(H,35,36)(H3,33,34,37,38). The molecule has 0 unspecified atom stereocenters. The number of nitrogens with two attached hydrogens (primary N) is 1. The summed E-state index contributed by atoms with van der Waals surface area (Å²) in [6.07, 6.45) is 2.06. The fraction of sp³-hybridized carbons (Fsp3) is 0.429. The van der Waals surface area contributed by atoms with Crippen molar-refractivity contribution in [2.24, 2.45) is 0 Å². The van der Waals surface area contributed by atoms with Crippen LogP contribution in [0, 0.1) is 18.3 Å². The number of aromatic nitrogens is 5. The first-order valence-corrected chi connectivity index (χ1v) is 13.4. The van der Waals surface area contributed by atoms with Crippen molar-refractivity contribution in [1.29, 1.82) is 5.26 Å². The van der Waals surface area contributed by atoms with Crippen molar-refractivity contribution >= 4 is 22.7 Å². The largest absolute Gasteiger partial charge is 0.389 e. The topological polar surface area (TPSA) is 124 Å². The molecule has 9 nitrogen and oxygen atoms in total. The van der Waals surface area contributed by atoms with E-state index >= 15 is 0 Å². The van der Waals surface area contributed by atoms with Crippen LogP contribution in [0.5, 0.6) is 0 Å². The fourth-order valence-electron chi connectivity index (χ4n) is 5.38. The predicted octanol–water partition coefficient (Wildman–Crippen LogP) is 4.93. The van der Waals surface area contributed by atoms with Gasteiger partial charge in [0, 0.05) is 66.5 Å². The zero-order valence-corrected chi connectivity index (χ0v) is 22.3. The molecule has 0 amide bonds. The second kappa shape index (κ2) is 11.6. The highest BCUT2D eigenvalue weighted by molar-refractivity contribution is 5.86. The number of aryl methyl sites for hydroxylation is 2. The number of rotatable bonds is 9. The Morgan fingerprint density at radius 3 is 2.67 bits per heavy atom. The predicted molar refractivity (Wildman–Crippen MR) is 146 cm³/mol. The Balaban J connectivity index is 1.22. The zero-order chi connectivity index (χ0) is 28.3. The van der Waals surface area contributed by atoms with Crippen LogP contribution in [0.1, 0.15) is 53.6 Å². The van der Waals surface area contributed by atoms with E-state index in [-0.39, 0.29) is 24.8 Å². The van der Waals surface area contributed by atoms with Crippen LogP contribution in [0.3, 0.4) is 0 Å². The third-order valence-corrected chi connectivity index (χ3v) is 7.59. The Hall–Kier alpha value is -4.11. The number of alkyl halides is 3. The van der Waals surface area contributed by atoms with Gasteiger partial charge < -0.3 is 15.6 Å². The Morgan fingerprint density at radius 2 is 1.98 bits per heavy atom. The van der Waals surface area contributed by atoms with E-state index in [1.807, 2.05) is 16.8 Å². The number of halogens is 3. The molecule has 1 fully saturated rings. The Bertz CT molecular complexity index is 1490. The molecule has 0 radical (unpaired) electrons. The van der Waals surface area contributed by atoms with Crippen LogP contribution in [-0.4, -0.2) is 54.9 Å². The lowest BCUT2D eigenvalue weighted by Crippen LogP contribution is -2.39. The first kappa shape index (κ1) is 27.5. The molecular weight excluding hydrogens is 519 g/mol. The van der Waals surface area contributed by atoms with Crippen LogP contribution in [0.15, 0.2) is 36.8 Å². The quantitative estimate of drug-likeness (QED) is 0.270. The number of nitrogen functional groups attached to an aromatic ring is 1. The molecule has 1 aromatic carbocycles. The van der Waals surface area contributed by atoms with E-state index in [9.17, 15) is 18.4 Å². The maximum Gasteiger partial charge on any atom is 0.389 e. The number of nitrogens with zero attached hydrogens (tertiary/aromatic N) is 6. The van der Waals surface area contributed by atoms with Crippen molar-refractivity contribution in [2.75, 3.05) is 24.1 Å². The minimum absolute atomic E-state index is 0.0177. The van der Waals surface area contributed by atoms with Crippen LogP contribution >= 0.6 is 0 Å². The summed E-state index contributed by atoms with van der Waals surface area (Å²) in [5.74, 6) is 0.631. The number of nitriles is 1. The summed E-state index contributed by atoms with van der Waals surface area (Å²) in [5, 5.41) is 21.1. The first-order valence-electron chi connectivity index (χ1n) is 13.4. The van der Waals surface area contributed by atoms with Gasteiger partial charge in [-0.1, -0.05) is 6.07 Å². The maximum atomic E-state index is 12.6. The van der Waals surface area contributed by atoms with Crippen molar-refractivity contribution in [3.63, 3.8) is 0 Å². The van der Waals surface area contributed by atoms with Crippen LogP contribution in [-0.2, 0) is 19.5 Å². The summed E-state index contributed by atoms with van der Waals surface area (Å²) in [6.45, 7) is 5.21. The minimum atomic E-state index is -4.18. The lowest BCUT2D eigenvalue weighted by Gasteiger charge is -2.33. The average Bonchev–Trinajstić information content (AvgIpc) is 3.56. The number of piperidine rings is 1. The monoisotopic (exact) mass is 551 g/mol. The molecule has 0 bridgehead atoms. The van der Waals surface area contributed by atoms with Gasteiger partial charge in [-0.2, -0.15) is 28.5 Å². The van der Waals surface area contributed by atoms with Gasteiger partial charge in [-0.05, 0) is 55.9 Å². The first-order chi connectivity index (χ1) is 19.2. The molecule has 3 aromatic heterocycles. The summed E-state index contributed by atoms with van der Waals surface area (Å²) < 4.78 is 39.8. The second-order valence-electron chi connectivity index (χ2n) is 10.4. The van der Waals surface area contributed by atoms with Crippen LogP contribution in [0.25, 0.3) is 10.9 Å². The Morgan fingerprint density at radius 1 is 1.18 bits per heavy atom. The van der Waals surface area contributed by atoms with Gasteiger partial charge in [0.05, 0.1) is 12.7 Å². The fourth-order valence-corrected chi connectivity index (χ4v) is 5.38. The number of nitrogens with one attached hydrogen (secondary N) is 2. The van der Waals surface area contributed by atoms with Crippen molar-refractivity contribution in [3.8, 4) is 6.07 Å². The van der Waals surface area contributed by atoms with E-state index in [4.69, 9.17) is 5.73 Å². The number of benzene rings is 1. The van der Waals surface area contributed by atoms with Crippen molar-refractivity contribution in [1.82, 2.24) is 29.6 Å². The van der Waals surface area contributed by atoms with E-state index in [2.05, 4.69) is 55.5 Å². The molecule has 0 aliphatic carbocycles. The molecule has 4 aromatic rings. The number of fused-ring (bicyclic) bond motifs is 1. The van der Waals surface area contributed by atoms with Gasteiger partial charge >= 0.3 is 6.18 Å². The van der Waals surface area contributed by atoms with Crippen LogP contribution in [0.4, 0.5) is 24.9 Å².